The smallest absolute Gasteiger partial charge is 0.335 e. The first-order valence-corrected chi connectivity index (χ1v) is 8.00. The molecule has 1 aliphatic heterocycles. The summed E-state index contributed by atoms with van der Waals surface area (Å²) >= 11 is 0. The van der Waals surface area contributed by atoms with Crippen molar-refractivity contribution in [1.29, 1.82) is 0 Å². The average Bonchev–Trinajstić information content (AvgIpc) is 2.62. The first-order chi connectivity index (χ1) is 12.2. The molecule has 5 heteroatoms. The van der Waals surface area contributed by atoms with Crippen LogP contribution in [0.15, 0.2) is 54.6 Å². The van der Waals surface area contributed by atoms with Gasteiger partial charge in [0.05, 0.1) is 27.6 Å². The van der Waals surface area contributed by atoms with Crippen molar-refractivity contribution in [3.63, 3.8) is 0 Å². The van der Waals surface area contributed by atoms with Crippen molar-refractivity contribution in [2.24, 2.45) is 0 Å². The Morgan fingerprint density at radius 2 is 1.52 bits per heavy atom. The minimum Gasteiger partial charge on any atom is -0.478 e. The van der Waals surface area contributed by atoms with Crippen molar-refractivity contribution in [1.82, 2.24) is 9.97 Å². The molecular formula is C20H13N3O2. The van der Waals surface area contributed by atoms with Gasteiger partial charge in [-0.1, -0.05) is 12.1 Å². The average molecular weight is 327 g/mol. The number of hydrogen-bond donors (Lipinski definition) is 2. The van der Waals surface area contributed by atoms with Gasteiger partial charge in [-0.05, 0) is 53.6 Å². The van der Waals surface area contributed by atoms with E-state index in [0.717, 1.165) is 44.6 Å². The molecule has 5 nitrogen and oxygen atoms in total. The lowest BCUT2D eigenvalue weighted by atomic mass is 9.95. The number of nitrogens with zero attached hydrogens (tertiary/aromatic N) is 2. The maximum atomic E-state index is 11.2. The zero-order valence-electron chi connectivity index (χ0n) is 13.2. The number of rotatable bonds is 1. The molecular weight excluding hydrogens is 314 g/mol. The predicted octanol–water partition coefficient (Wildman–Crippen LogP) is 4.13. The van der Waals surface area contributed by atoms with Gasteiger partial charge in [0, 0.05) is 17.8 Å². The van der Waals surface area contributed by atoms with Crippen LogP contribution in [0.2, 0.25) is 0 Å². The van der Waals surface area contributed by atoms with Crippen LogP contribution in [0.4, 0.5) is 11.4 Å². The predicted molar refractivity (Wildman–Crippen MR) is 96.5 cm³/mol. The molecule has 0 saturated heterocycles. The van der Waals surface area contributed by atoms with Gasteiger partial charge in [0.1, 0.15) is 0 Å². The molecule has 120 valence electrons. The number of carbonyl (C=O) groups is 1. The number of nitrogens with one attached hydrogen (secondary N) is 1. The van der Waals surface area contributed by atoms with Crippen LogP contribution in [-0.4, -0.2) is 21.0 Å². The number of aromatic nitrogens is 2. The third-order valence-corrected chi connectivity index (χ3v) is 4.57. The van der Waals surface area contributed by atoms with E-state index < -0.39 is 5.97 Å². The van der Waals surface area contributed by atoms with E-state index in [1.54, 1.807) is 12.1 Å². The third kappa shape index (κ3) is 2.21. The fraction of sp³-hybridized carbons (Fsp3) is 0.0500. The molecule has 0 atom stereocenters. The summed E-state index contributed by atoms with van der Waals surface area (Å²) in [6.45, 7) is 0. The second-order valence-corrected chi connectivity index (χ2v) is 6.19. The number of para-hydroxylation sites is 2. The SMILES string of the molecule is O=C(O)c1ccc2c(c1)Cc1cc3nc4ccccc4nc3cc1N2. The van der Waals surface area contributed by atoms with E-state index in [4.69, 9.17) is 9.97 Å². The Bertz CT molecular complexity index is 1180. The highest BCUT2D eigenvalue weighted by Gasteiger charge is 2.18. The number of hydrogen-bond acceptors (Lipinski definition) is 4. The molecule has 0 amide bonds. The summed E-state index contributed by atoms with van der Waals surface area (Å²) in [6, 6.07) is 17.0. The van der Waals surface area contributed by atoms with Crippen LogP contribution in [0.3, 0.4) is 0 Å². The van der Waals surface area contributed by atoms with E-state index in [2.05, 4.69) is 5.32 Å². The molecule has 0 fully saturated rings. The highest BCUT2D eigenvalue weighted by Crippen LogP contribution is 2.35. The molecule has 0 unspecified atom stereocenters. The summed E-state index contributed by atoms with van der Waals surface area (Å²) in [4.78, 5) is 20.6. The number of benzene rings is 3. The van der Waals surface area contributed by atoms with Crippen LogP contribution in [-0.2, 0) is 6.42 Å². The van der Waals surface area contributed by atoms with Crippen LogP contribution in [0.5, 0.6) is 0 Å². The second kappa shape index (κ2) is 5.01. The van der Waals surface area contributed by atoms with E-state index in [1.165, 1.54) is 0 Å². The standard InChI is InChI=1S/C20H13N3O2/c24-20(25)11-5-6-14-12(7-11)8-13-9-18-19(10-17(13)21-14)23-16-4-2-1-3-15(16)22-18/h1-7,9-10,21H,8H2,(H,24,25). The largest absolute Gasteiger partial charge is 0.478 e. The summed E-state index contributed by atoms with van der Waals surface area (Å²) in [5, 5.41) is 12.6. The van der Waals surface area contributed by atoms with Gasteiger partial charge in [-0.3, -0.25) is 0 Å². The zero-order valence-corrected chi connectivity index (χ0v) is 13.2. The minimum atomic E-state index is -0.913. The Labute approximate surface area is 143 Å². The quantitative estimate of drug-likeness (QED) is 0.453. The van der Waals surface area contributed by atoms with Crippen LogP contribution in [0.25, 0.3) is 22.1 Å². The molecule has 0 spiro atoms. The maximum absolute atomic E-state index is 11.2. The third-order valence-electron chi connectivity index (χ3n) is 4.57. The molecule has 4 aromatic rings. The van der Waals surface area contributed by atoms with Gasteiger partial charge < -0.3 is 10.4 Å². The second-order valence-electron chi connectivity index (χ2n) is 6.19. The van der Waals surface area contributed by atoms with Gasteiger partial charge in [0.15, 0.2) is 0 Å². The van der Waals surface area contributed by atoms with E-state index in [9.17, 15) is 9.90 Å². The molecule has 0 radical (unpaired) electrons. The highest BCUT2D eigenvalue weighted by molar-refractivity contribution is 5.92. The van der Waals surface area contributed by atoms with Crippen molar-refractivity contribution in [2.45, 2.75) is 6.42 Å². The van der Waals surface area contributed by atoms with E-state index >= 15 is 0 Å². The highest BCUT2D eigenvalue weighted by atomic mass is 16.4. The molecule has 2 heterocycles. The Hall–Kier alpha value is -3.47. The fourth-order valence-corrected chi connectivity index (χ4v) is 3.32. The van der Waals surface area contributed by atoms with Crippen molar-refractivity contribution in [3.05, 3.63) is 71.3 Å². The van der Waals surface area contributed by atoms with E-state index in [0.29, 0.717) is 12.0 Å². The Morgan fingerprint density at radius 3 is 2.24 bits per heavy atom. The molecule has 0 aliphatic carbocycles. The summed E-state index contributed by atoms with van der Waals surface area (Å²) in [7, 11) is 0. The topological polar surface area (TPSA) is 75.1 Å². The Morgan fingerprint density at radius 1 is 0.840 bits per heavy atom. The Kier molecular flexibility index (Phi) is 2.79. The number of carboxylic acid groups (broad SMARTS) is 1. The number of fused-ring (bicyclic) bond motifs is 4. The van der Waals surface area contributed by atoms with Gasteiger partial charge in [-0.15, -0.1) is 0 Å². The summed E-state index contributed by atoms with van der Waals surface area (Å²) in [6.07, 6.45) is 0.670. The monoisotopic (exact) mass is 327 g/mol. The first-order valence-electron chi connectivity index (χ1n) is 8.00. The lowest BCUT2D eigenvalue weighted by Gasteiger charge is -2.22. The number of anilines is 2. The molecule has 2 N–H and O–H groups in total. The van der Waals surface area contributed by atoms with Crippen molar-refractivity contribution < 1.29 is 9.90 Å². The lowest BCUT2D eigenvalue weighted by Crippen LogP contribution is -2.09. The normalized spacial score (nSPS) is 12.5. The van der Waals surface area contributed by atoms with Gasteiger partial charge in [0.2, 0.25) is 0 Å². The number of carboxylic acids is 1. The zero-order chi connectivity index (χ0) is 17.0. The van der Waals surface area contributed by atoms with Crippen molar-refractivity contribution >= 4 is 39.4 Å². The lowest BCUT2D eigenvalue weighted by molar-refractivity contribution is 0.0697. The van der Waals surface area contributed by atoms with Crippen LogP contribution in [0.1, 0.15) is 21.5 Å². The molecule has 5 rings (SSSR count). The molecule has 1 aromatic heterocycles. The Balaban J connectivity index is 1.66. The molecule has 25 heavy (non-hydrogen) atoms. The van der Waals surface area contributed by atoms with Crippen molar-refractivity contribution in [3.8, 4) is 0 Å². The van der Waals surface area contributed by atoms with Gasteiger partial charge in [0.25, 0.3) is 0 Å². The maximum Gasteiger partial charge on any atom is 0.335 e. The van der Waals surface area contributed by atoms with Crippen LogP contribution < -0.4 is 5.32 Å². The van der Waals surface area contributed by atoms with E-state index in [-0.39, 0.29) is 0 Å². The van der Waals surface area contributed by atoms with Crippen molar-refractivity contribution in [2.75, 3.05) is 5.32 Å². The van der Waals surface area contributed by atoms with Crippen LogP contribution in [0, 0.1) is 0 Å². The molecule has 0 bridgehead atoms. The van der Waals surface area contributed by atoms with Gasteiger partial charge in [-0.2, -0.15) is 0 Å². The summed E-state index contributed by atoms with van der Waals surface area (Å²) < 4.78 is 0. The van der Waals surface area contributed by atoms with Gasteiger partial charge in [-0.25, -0.2) is 14.8 Å². The first kappa shape index (κ1) is 13.9. The number of aromatic carboxylic acids is 1. The van der Waals surface area contributed by atoms with Gasteiger partial charge >= 0.3 is 5.97 Å². The minimum absolute atomic E-state index is 0.301. The fourth-order valence-electron chi connectivity index (χ4n) is 3.32. The molecule has 0 saturated carbocycles. The molecule has 1 aliphatic rings. The summed E-state index contributed by atoms with van der Waals surface area (Å²) in [5.41, 5.74) is 7.72. The van der Waals surface area contributed by atoms with E-state index in [1.807, 2.05) is 42.5 Å². The molecule has 3 aromatic carbocycles. The summed E-state index contributed by atoms with van der Waals surface area (Å²) in [5.74, 6) is -0.913. The van der Waals surface area contributed by atoms with Crippen LogP contribution >= 0.6 is 0 Å².